The lowest BCUT2D eigenvalue weighted by Crippen LogP contribution is -2.05. The Hall–Kier alpha value is -1.33. The van der Waals surface area contributed by atoms with Gasteiger partial charge in [0.25, 0.3) is 0 Å². The first-order chi connectivity index (χ1) is 8.16. The van der Waals surface area contributed by atoms with Gasteiger partial charge < -0.3 is 10.4 Å². The summed E-state index contributed by atoms with van der Waals surface area (Å²) in [5.41, 5.74) is 2.05. The monoisotopic (exact) mass is 311 g/mol. The number of nitrogens with one attached hydrogen (secondary N) is 1. The Morgan fingerprint density at radius 3 is 2.88 bits per heavy atom. The molecule has 0 bridgehead atoms. The van der Waals surface area contributed by atoms with E-state index in [1.54, 1.807) is 29.5 Å². The molecule has 2 rings (SSSR count). The lowest BCUT2D eigenvalue weighted by Gasteiger charge is -2.09. The van der Waals surface area contributed by atoms with Crippen LogP contribution in [-0.2, 0) is 6.54 Å². The van der Waals surface area contributed by atoms with Crippen molar-refractivity contribution >= 4 is 38.9 Å². The van der Waals surface area contributed by atoms with Crippen LogP contribution < -0.4 is 5.32 Å². The second kappa shape index (κ2) is 5.33. The van der Waals surface area contributed by atoms with Crippen LogP contribution in [0.3, 0.4) is 0 Å². The van der Waals surface area contributed by atoms with Crippen molar-refractivity contribution in [1.82, 2.24) is 0 Å². The number of thiophene rings is 1. The van der Waals surface area contributed by atoms with Gasteiger partial charge in [-0.15, -0.1) is 0 Å². The number of hydrogen-bond acceptors (Lipinski definition) is 3. The van der Waals surface area contributed by atoms with Crippen LogP contribution in [0.15, 0.2) is 39.5 Å². The van der Waals surface area contributed by atoms with Gasteiger partial charge in [-0.05, 0) is 40.6 Å². The number of carbonyl (C=O) groups is 1. The van der Waals surface area contributed by atoms with E-state index in [2.05, 4.69) is 21.2 Å². The summed E-state index contributed by atoms with van der Waals surface area (Å²) in [7, 11) is 0. The molecule has 17 heavy (non-hydrogen) atoms. The maximum absolute atomic E-state index is 11.0. The number of benzene rings is 1. The minimum Gasteiger partial charge on any atom is -0.478 e. The summed E-state index contributed by atoms with van der Waals surface area (Å²) in [6, 6.07) is 7.09. The van der Waals surface area contributed by atoms with Gasteiger partial charge in [-0.2, -0.15) is 11.3 Å². The quantitative estimate of drug-likeness (QED) is 0.902. The van der Waals surface area contributed by atoms with E-state index in [4.69, 9.17) is 5.11 Å². The highest BCUT2D eigenvalue weighted by molar-refractivity contribution is 9.10. The van der Waals surface area contributed by atoms with Crippen LogP contribution >= 0.6 is 27.3 Å². The van der Waals surface area contributed by atoms with Crippen LogP contribution in [0.4, 0.5) is 5.69 Å². The molecule has 0 spiro atoms. The number of anilines is 1. The second-order valence-electron chi connectivity index (χ2n) is 3.48. The molecule has 0 amide bonds. The summed E-state index contributed by atoms with van der Waals surface area (Å²) < 4.78 is 0.857. The second-order valence-corrected chi connectivity index (χ2v) is 5.18. The van der Waals surface area contributed by atoms with Gasteiger partial charge in [-0.1, -0.05) is 15.9 Å². The molecule has 5 heteroatoms. The van der Waals surface area contributed by atoms with Crippen LogP contribution in [0.5, 0.6) is 0 Å². The first-order valence-electron chi connectivity index (χ1n) is 4.94. The molecule has 1 aromatic heterocycles. The van der Waals surface area contributed by atoms with Crippen molar-refractivity contribution in [2.75, 3.05) is 5.32 Å². The third-order valence-electron chi connectivity index (χ3n) is 2.28. The Kier molecular flexibility index (Phi) is 3.81. The fourth-order valence-corrected chi connectivity index (χ4v) is 2.47. The molecule has 0 aliphatic heterocycles. The van der Waals surface area contributed by atoms with Crippen LogP contribution in [-0.4, -0.2) is 11.1 Å². The summed E-state index contributed by atoms with van der Waals surface area (Å²) in [6.45, 7) is 0.625. The number of carboxylic acid groups (broad SMARTS) is 1. The van der Waals surface area contributed by atoms with Gasteiger partial charge in [0.15, 0.2) is 0 Å². The smallest absolute Gasteiger partial charge is 0.337 e. The molecule has 0 radical (unpaired) electrons. The van der Waals surface area contributed by atoms with Crippen LogP contribution in [0, 0.1) is 0 Å². The van der Waals surface area contributed by atoms with E-state index in [1.165, 1.54) is 0 Å². The van der Waals surface area contributed by atoms with Crippen LogP contribution in [0.25, 0.3) is 0 Å². The summed E-state index contributed by atoms with van der Waals surface area (Å²) in [4.78, 5) is 11.0. The molecule has 0 saturated heterocycles. The van der Waals surface area contributed by atoms with E-state index in [9.17, 15) is 4.79 Å². The van der Waals surface area contributed by atoms with Crippen molar-refractivity contribution in [3.8, 4) is 0 Å². The summed E-state index contributed by atoms with van der Waals surface area (Å²) in [6.07, 6.45) is 0. The van der Waals surface area contributed by atoms with Gasteiger partial charge in [0.1, 0.15) is 0 Å². The van der Waals surface area contributed by atoms with Gasteiger partial charge in [0, 0.05) is 11.0 Å². The molecule has 0 saturated carbocycles. The Morgan fingerprint density at radius 2 is 2.24 bits per heavy atom. The number of hydrogen-bond donors (Lipinski definition) is 2. The van der Waals surface area contributed by atoms with Crippen LogP contribution in [0.2, 0.25) is 0 Å². The first-order valence-corrected chi connectivity index (χ1v) is 6.68. The molecule has 0 aliphatic rings. The normalized spacial score (nSPS) is 10.2. The Labute approximate surface area is 111 Å². The average Bonchev–Trinajstić information content (AvgIpc) is 2.78. The molecule has 1 aromatic carbocycles. The molecular weight excluding hydrogens is 302 g/mol. The van der Waals surface area contributed by atoms with Gasteiger partial charge >= 0.3 is 5.97 Å². The van der Waals surface area contributed by atoms with Gasteiger partial charge in [0.2, 0.25) is 0 Å². The third kappa shape index (κ3) is 3.08. The van der Waals surface area contributed by atoms with E-state index in [-0.39, 0.29) is 5.56 Å². The minimum absolute atomic E-state index is 0.281. The predicted octanol–water partition coefficient (Wildman–Crippen LogP) is 3.82. The Bertz CT molecular complexity index is 525. The zero-order chi connectivity index (χ0) is 12.3. The summed E-state index contributed by atoms with van der Waals surface area (Å²) in [5, 5.41) is 16.2. The van der Waals surface area contributed by atoms with Gasteiger partial charge in [-0.25, -0.2) is 4.79 Å². The average molecular weight is 312 g/mol. The highest BCUT2D eigenvalue weighted by atomic mass is 79.9. The van der Waals surface area contributed by atoms with E-state index in [0.29, 0.717) is 12.2 Å². The van der Waals surface area contributed by atoms with Crippen molar-refractivity contribution in [3.63, 3.8) is 0 Å². The molecule has 0 atom stereocenters. The van der Waals surface area contributed by atoms with Crippen molar-refractivity contribution < 1.29 is 9.90 Å². The number of rotatable bonds is 4. The maximum Gasteiger partial charge on any atom is 0.337 e. The van der Waals surface area contributed by atoms with E-state index in [0.717, 1.165) is 10.0 Å². The van der Waals surface area contributed by atoms with Crippen molar-refractivity contribution in [2.24, 2.45) is 0 Å². The molecule has 3 nitrogen and oxygen atoms in total. The van der Waals surface area contributed by atoms with Crippen LogP contribution in [0.1, 0.15) is 15.9 Å². The summed E-state index contributed by atoms with van der Waals surface area (Å²) >= 11 is 4.96. The lowest BCUT2D eigenvalue weighted by molar-refractivity contribution is 0.0698. The number of halogens is 1. The van der Waals surface area contributed by atoms with Crippen molar-refractivity contribution in [1.29, 1.82) is 0 Å². The lowest BCUT2D eigenvalue weighted by atomic mass is 10.1. The maximum atomic E-state index is 11.0. The predicted molar refractivity (Wildman–Crippen MR) is 72.7 cm³/mol. The van der Waals surface area contributed by atoms with E-state index in [1.807, 2.05) is 16.8 Å². The van der Waals surface area contributed by atoms with Gasteiger partial charge in [-0.3, -0.25) is 0 Å². The highest BCUT2D eigenvalue weighted by Crippen LogP contribution is 2.22. The molecule has 0 fully saturated rings. The SMILES string of the molecule is O=C(O)c1ccc(Br)cc1NCc1ccsc1. The number of aromatic carboxylic acids is 1. The topological polar surface area (TPSA) is 49.3 Å². The molecule has 0 unspecified atom stereocenters. The molecular formula is C12H10BrNO2S. The number of carboxylic acids is 1. The van der Waals surface area contributed by atoms with Crippen molar-refractivity contribution in [2.45, 2.75) is 6.54 Å². The largest absolute Gasteiger partial charge is 0.478 e. The Balaban J connectivity index is 2.19. The summed E-state index contributed by atoms with van der Waals surface area (Å²) in [5.74, 6) is -0.926. The minimum atomic E-state index is -0.926. The molecule has 0 aliphatic carbocycles. The fourth-order valence-electron chi connectivity index (χ4n) is 1.44. The van der Waals surface area contributed by atoms with Gasteiger partial charge in [0.05, 0.1) is 11.3 Å². The zero-order valence-corrected chi connectivity index (χ0v) is 11.2. The van der Waals surface area contributed by atoms with E-state index >= 15 is 0 Å². The van der Waals surface area contributed by atoms with Crippen molar-refractivity contribution in [3.05, 3.63) is 50.6 Å². The van der Waals surface area contributed by atoms with E-state index < -0.39 is 5.97 Å². The zero-order valence-electron chi connectivity index (χ0n) is 8.81. The fraction of sp³-hybridized carbons (Fsp3) is 0.0833. The molecule has 2 N–H and O–H groups in total. The molecule has 1 heterocycles. The molecule has 88 valence electrons. The standard InChI is InChI=1S/C12H10BrNO2S/c13-9-1-2-10(12(15)16)11(5-9)14-6-8-3-4-17-7-8/h1-5,7,14H,6H2,(H,15,16). The third-order valence-corrected chi connectivity index (χ3v) is 3.50. The highest BCUT2D eigenvalue weighted by Gasteiger charge is 2.09. The Morgan fingerprint density at radius 1 is 1.41 bits per heavy atom. The first kappa shape index (κ1) is 12.1. The molecule has 2 aromatic rings.